The van der Waals surface area contributed by atoms with Gasteiger partial charge in [-0.3, -0.25) is 14.9 Å². The molecule has 0 aliphatic heterocycles. The van der Waals surface area contributed by atoms with Gasteiger partial charge >= 0.3 is 5.95 Å². The molecule has 2 amide bonds. The summed E-state index contributed by atoms with van der Waals surface area (Å²) in [4.78, 5) is 40.1. The Labute approximate surface area is 163 Å². The summed E-state index contributed by atoms with van der Waals surface area (Å²) in [5.41, 5.74) is 1.42. The Morgan fingerprint density at radius 2 is 2.07 bits per heavy atom. The average molecular weight is 439 g/mol. The Kier molecular flexibility index (Phi) is 7.47. The molecule has 0 aliphatic rings. The van der Waals surface area contributed by atoms with Gasteiger partial charge in [-0.05, 0) is 29.0 Å². The Morgan fingerprint density at radius 3 is 2.63 bits per heavy atom. The predicted molar refractivity (Wildman–Crippen MR) is 101 cm³/mol. The van der Waals surface area contributed by atoms with Crippen LogP contribution in [0.5, 0.6) is 5.75 Å². The number of rotatable bonds is 9. The molecule has 1 unspecified atom stereocenters. The lowest BCUT2D eigenvalue weighted by atomic mass is 10.0. The number of nitrogens with zero attached hydrogens (tertiary/aromatic N) is 2. The number of carbonyl (C=O) groups excluding carboxylic acids is 2. The molecule has 1 atom stereocenters. The summed E-state index contributed by atoms with van der Waals surface area (Å²) in [5.74, 6) is -1.74. The first-order chi connectivity index (χ1) is 12.9. The van der Waals surface area contributed by atoms with Gasteiger partial charge in [-0.25, -0.2) is 4.98 Å². The number of aryl methyl sites for hydroxylation is 1. The first-order valence-electron chi connectivity index (χ1n) is 8.25. The third-order valence-corrected chi connectivity index (χ3v) is 4.35. The SMILES string of the molecule is CCc1ccc(OCCC(C(=O)NC(=O)CBr)c2cnc([N+](=O)[O-])[nH]2)cc1. The third-order valence-electron chi connectivity index (χ3n) is 3.84. The van der Waals surface area contributed by atoms with Gasteiger partial charge in [0.05, 0.1) is 17.9 Å². The van der Waals surface area contributed by atoms with E-state index in [9.17, 15) is 19.7 Å². The maximum Gasteiger partial charge on any atom is 0.432 e. The van der Waals surface area contributed by atoms with Crippen LogP contribution in [0, 0.1) is 10.1 Å². The van der Waals surface area contributed by atoms with Crippen LogP contribution in [0.1, 0.15) is 30.5 Å². The molecule has 0 radical (unpaired) electrons. The molecule has 10 heteroatoms. The third kappa shape index (κ3) is 5.88. The number of benzene rings is 1. The van der Waals surface area contributed by atoms with Crippen molar-refractivity contribution in [3.8, 4) is 5.75 Å². The van der Waals surface area contributed by atoms with Crippen LogP contribution in [0.3, 0.4) is 0 Å². The normalized spacial score (nSPS) is 11.6. The second-order valence-corrected chi connectivity index (χ2v) is 6.21. The molecule has 2 rings (SSSR count). The van der Waals surface area contributed by atoms with Gasteiger partial charge in [0.25, 0.3) is 0 Å². The van der Waals surface area contributed by atoms with Crippen molar-refractivity contribution in [1.29, 1.82) is 0 Å². The number of nitro groups is 1. The van der Waals surface area contributed by atoms with E-state index in [-0.39, 0.29) is 24.1 Å². The van der Waals surface area contributed by atoms with E-state index in [1.807, 2.05) is 24.3 Å². The minimum Gasteiger partial charge on any atom is -0.494 e. The van der Waals surface area contributed by atoms with Gasteiger partial charge in [0, 0.05) is 6.42 Å². The quantitative estimate of drug-likeness (QED) is 0.351. The van der Waals surface area contributed by atoms with Crippen LogP contribution >= 0.6 is 15.9 Å². The second-order valence-electron chi connectivity index (χ2n) is 5.65. The molecular formula is C17H19BrN4O5. The Morgan fingerprint density at radius 1 is 1.37 bits per heavy atom. The summed E-state index contributed by atoms with van der Waals surface area (Å²) in [6.07, 6.45) is 2.34. The molecule has 0 aliphatic carbocycles. The van der Waals surface area contributed by atoms with Crippen LogP contribution in [0.15, 0.2) is 30.5 Å². The van der Waals surface area contributed by atoms with Crippen molar-refractivity contribution >= 4 is 33.7 Å². The van der Waals surface area contributed by atoms with Crippen LogP contribution in [-0.2, 0) is 16.0 Å². The van der Waals surface area contributed by atoms with Gasteiger partial charge in [-0.15, -0.1) is 0 Å². The van der Waals surface area contributed by atoms with Crippen LogP contribution in [0.25, 0.3) is 0 Å². The predicted octanol–water partition coefficient (Wildman–Crippen LogP) is 2.47. The van der Waals surface area contributed by atoms with Gasteiger partial charge in [-0.1, -0.05) is 40.0 Å². The summed E-state index contributed by atoms with van der Waals surface area (Å²) in [6.45, 7) is 2.23. The second kappa shape index (κ2) is 9.81. The van der Waals surface area contributed by atoms with Crippen molar-refractivity contribution in [2.75, 3.05) is 11.9 Å². The summed E-state index contributed by atoms with van der Waals surface area (Å²) >= 11 is 2.97. The van der Waals surface area contributed by atoms with E-state index in [0.717, 1.165) is 6.42 Å². The number of hydrogen-bond acceptors (Lipinski definition) is 6. The Bertz CT molecular complexity index is 806. The number of carbonyl (C=O) groups is 2. The lowest BCUT2D eigenvalue weighted by Crippen LogP contribution is -2.36. The van der Waals surface area contributed by atoms with Crippen LogP contribution in [0.2, 0.25) is 0 Å². The van der Waals surface area contributed by atoms with E-state index in [0.29, 0.717) is 5.75 Å². The molecule has 0 saturated carbocycles. The first-order valence-corrected chi connectivity index (χ1v) is 9.37. The number of halogens is 1. The van der Waals surface area contributed by atoms with Gasteiger partial charge in [0.2, 0.25) is 11.8 Å². The van der Waals surface area contributed by atoms with E-state index < -0.39 is 28.6 Å². The number of H-pyrrole nitrogens is 1. The van der Waals surface area contributed by atoms with E-state index in [1.54, 1.807) is 0 Å². The fraction of sp³-hybridized carbons (Fsp3) is 0.353. The van der Waals surface area contributed by atoms with Crippen LogP contribution < -0.4 is 10.1 Å². The molecule has 1 aromatic heterocycles. The van der Waals surface area contributed by atoms with Crippen LogP contribution in [0.4, 0.5) is 5.95 Å². The molecule has 9 nitrogen and oxygen atoms in total. The molecule has 2 N–H and O–H groups in total. The molecular weight excluding hydrogens is 420 g/mol. The van der Waals surface area contributed by atoms with E-state index >= 15 is 0 Å². The average Bonchev–Trinajstić information content (AvgIpc) is 3.15. The minimum absolute atomic E-state index is 0.0329. The smallest absolute Gasteiger partial charge is 0.432 e. The van der Waals surface area contributed by atoms with Gasteiger partial charge in [-0.2, -0.15) is 0 Å². The number of imidazole rings is 1. The summed E-state index contributed by atoms with van der Waals surface area (Å²) in [6, 6.07) is 7.57. The van der Waals surface area contributed by atoms with Gasteiger partial charge in [0.1, 0.15) is 17.6 Å². The number of ether oxygens (including phenoxy) is 1. The maximum atomic E-state index is 12.4. The molecule has 0 saturated heterocycles. The van der Waals surface area contributed by atoms with Crippen molar-refractivity contribution in [2.24, 2.45) is 0 Å². The number of amides is 2. The zero-order valence-corrected chi connectivity index (χ0v) is 16.2. The number of aromatic nitrogens is 2. The van der Waals surface area contributed by atoms with Crippen molar-refractivity contribution < 1.29 is 19.2 Å². The lowest BCUT2D eigenvalue weighted by Gasteiger charge is -2.14. The van der Waals surface area contributed by atoms with Crippen molar-refractivity contribution in [3.05, 3.63) is 51.8 Å². The zero-order valence-electron chi connectivity index (χ0n) is 14.6. The highest BCUT2D eigenvalue weighted by atomic mass is 79.9. The van der Waals surface area contributed by atoms with Gasteiger partial charge in [0.15, 0.2) is 0 Å². The van der Waals surface area contributed by atoms with Crippen molar-refractivity contribution in [1.82, 2.24) is 15.3 Å². The van der Waals surface area contributed by atoms with E-state index in [4.69, 9.17) is 4.74 Å². The molecule has 1 heterocycles. The highest BCUT2D eigenvalue weighted by Gasteiger charge is 2.28. The fourth-order valence-electron chi connectivity index (χ4n) is 2.40. The zero-order chi connectivity index (χ0) is 19.8. The minimum atomic E-state index is -0.843. The number of hydrogen-bond donors (Lipinski definition) is 2. The maximum absolute atomic E-state index is 12.4. The first kappa shape index (κ1) is 20.6. The molecule has 0 bridgehead atoms. The van der Waals surface area contributed by atoms with Crippen molar-refractivity contribution in [3.63, 3.8) is 0 Å². The molecule has 0 spiro atoms. The largest absolute Gasteiger partial charge is 0.494 e. The van der Waals surface area contributed by atoms with Gasteiger partial charge < -0.3 is 14.9 Å². The summed E-state index contributed by atoms with van der Waals surface area (Å²) in [5, 5.41) is 13.0. The number of alkyl halides is 1. The van der Waals surface area contributed by atoms with E-state index in [2.05, 4.69) is 38.1 Å². The molecule has 0 fully saturated rings. The monoisotopic (exact) mass is 438 g/mol. The molecule has 144 valence electrons. The number of aromatic amines is 1. The Balaban J connectivity index is 2.07. The summed E-state index contributed by atoms with van der Waals surface area (Å²) in [7, 11) is 0. The van der Waals surface area contributed by atoms with E-state index in [1.165, 1.54) is 11.8 Å². The number of imide groups is 1. The van der Waals surface area contributed by atoms with Crippen molar-refractivity contribution in [2.45, 2.75) is 25.7 Å². The lowest BCUT2D eigenvalue weighted by molar-refractivity contribution is -0.393. The topological polar surface area (TPSA) is 127 Å². The molecule has 27 heavy (non-hydrogen) atoms. The highest BCUT2D eigenvalue weighted by Crippen LogP contribution is 2.21. The fourth-order valence-corrected chi connectivity index (χ4v) is 2.54. The molecule has 1 aromatic carbocycles. The molecule has 2 aromatic rings. The Hall–Kier alpha value is -2.75. The summed E-state index contributed by atoms with van der Waals surface area (Å²) < 4.78 is 5.65. The highest BCUT2D eigenvalue weighted by molar-refractivity contribution is 9.09. The standard InChI is InChI=1S/C17H19BrN4O5/c1-2-11-3-5-12(6-4-11)27-8-7-13(16(24)21-15(23)9-18)14-10-19-17(20-14)22(25)26/h3-6,10,13H,2,7-9H2,1H3,(H,19,20)(H,21,23,24). The number of nitrogens with one attached hydrogen (secondary N) is 2. The van der Waals surface area contributed by atoms with Crippen LogP contribution in [-0.4, -0.2) is 38.6 Å².